The van der Waals surface area contributed by atoms with E-state index in [0.29, 0.717) is 5.69 Å². The van der Waals surface area contributed by atoms with Gasteiger partial charge in [-0.2, -0.15) is 0 Å². The number of hydrogen-bond acceptors (Lipinski definition) is 3. The van der Waals surface area contributed by atoms with E-state index < -0.39 is 0 Å². The summed E-state index contributed by atoms with van der Waals surface area (Å²) in [6.45, 7) is 5.69. The van der Waals surface area contributed by atoms with Gasteiger partial charge in [0.25, 0.3) is 0 Å². The van der Waals surface area contributed by atoms with Crippen molar-refractivity contribution in [2.24, 2.45) is 0 Å². The first-order chi connectivity index (χ1) is 9.08. The number of esters is 1. The van der Waals surface area contributed by atoms with Gasteiger partial charge in [-0.25, -0.2) is 9.78 Å². The third-order valence-corrected chi connectivity index (χ3v) is 2.87. The Labute approximate surface area is 112 Å². The number of aromatic nitrogens is 2. The van der Waals surface area contributed by atoms with E-state index in [0.717, 1.165) is 11.4 Å². The second-order valence-electron chi connectivity index (χ2n) is 4.77. The minimum atomic E-state index is -0.367. The van der Waals surface area contributed by atoms with E-state index in [1.807, 2.05) is 51.1 Å². The molecule has 19 heavy (non-hydrogen) atoms. The van der Waals surface area contributed by atoms with Crippen LogP contribution in [0.5, 0.6) is 0 Å². The molecule has 0 amide bonds. The van der Waals surface area contributed by atoms with Crippen molar-refractivity contribution >= 4 is 5.97 Å². The summed E-state index contributed by atoms with van der Waals surface area (Å²) in [5.41, 5.74) is 1.55. The summed E-state index contributed by atoms with van der Waals surface area (Å²) in [6, 6.07) is 10.0. The normalized spacial score (nSPS) is 12.4. The molecule has 4 nitrogen and oxygen atoms in total. The summed E-state index contributed by atoms with van der Waals surface area (Å²) in [7, 11) is 0. The first kappa shape index (κ1) is 13.3. The van der Waals surface area contributed by atoms with Crippen LogP contribution >= 0.6 is 0 Å². The van der Waals surface area contributed by atoms with Crippen LogP contribution in [-0.2, 0) is 4.74 Å². The van der Waals surface area contributed by atoms with E-state index in [2.05, 4.69) is 9.97 Å². The van der Waals surface area contributed by atoms with E-state index in [1.54, 1.807) is 0 Å². The van der Waals surface area contributed by atoms with Gasteiger partial charge in [-0.1, -0.05) is 37.3 Å². The first-order valence-electron chi connectivity index (χ1n) is 6.38. The van der Waals surface area contributed by atoms with Crippen molar-refractivity contribution in [1.29, 1.82) is 0 Å². The molecule has 0 saturated heterocycles. The number of imidazole rings is 1. The van der Waals surface area contributed by atoms with Crippen molar-refractivity contribution in [2.45, 2.75) is 32.8 Å². The van der Waals surface area contributed by atoms with Crippen LogP contribution in [0, 0.1) is 0 Å². The molecule has 4 heteroatoms. The number of nitrogens with one attached hydrogen (secondary N) is 1. The van der Waals surface area contributed by atoms with Crippen molar-refractivity contribution < 1.29 is 9.53 Å². The highest BCUT2D eigenvalue weighted by Crippen LogP contribution is 2.21. The van der Waals surface area contributed by atoms with E-state index in [4.69, 9.17) is 4.74 Å². The van der Waals surface area contributed by atoms with Crippen molar-refractivity contribution in [1.82, 2.24) is 9.97 Å². The zero-order chi connectivity index (χ0) is 13.8. The topological polar surface area (TPSA) is 55.0 Å². The summed E-state index contributed by atoms with van der Waals surface area (Å²) in [4.78, 5) is 19.0. The maximum Gasteiger partial charge on any atom is 0.356 e. The standard InChI is InChI=1S/C15H18N2O2/c1-10(2)19-15(18)13-9-16-14(17-13)11(3)12-7-5-4-6-8-12/h4-11H,1-3H3,(H,16,17). The van der Waals surface area contributed by atoms with Gasteiger partial charge < -0.3 is 9.72 Å². The van der Waals surface area contributed by atoms with E-state index >= 15 is 0 Å². The van der Waals surface area contributed by atoms with Gasteiger partial charge in [-0.15, -0.1) is 0 Å². The van der Waals surface area contributed by atoms with E-state index in [-0.39, 0.29) is 18.0 Å². The molecule has 1 aromatic carbocycles. The van der Waals surface area contributed by atoms with Crippen LogP contribution in [0.2, 0.25) is 0 Å². The first-order valence-corrected chi connectivity index (χ1v) is 6.38. The molecular formula is C15H18N2O2. The fourth-order valence-electron chi connectivity index (χ4n) is 1.84. The van der Waals surface area contributed by atoms with Gasteiger partial charge in [-0.3, -0.25) is 0 Å². The Bertz CT molecular complexity index is 546. The van der Waals surface area contributed by atoms with Crippen molar-refractivity contribution in [2.75, 3.05) is 0 Å². The molecule has 0 bridgehead atoms. The lowest BCUT2D eigenvalue weighted by Crippen LogP contribution is -2.12. The molecule has 1 atom stereocenters. The van der Waals surface area contributed by atoms with Crippen LogP contribution in [0.25, 0.3) is 0 Å². The zero-order valence-electron chi connectivity index (χ0n) is 11.4. The Hall–Kier alpha value is -2.10. The molecule has 2 rings (SSSR count). The second-order valence-corrected chi connectivity index (χ2v) is 4.77. The van der Waals surface area contributed by atoms with Gasteiger partial charge in [-0.05, 0) is 19.4 Å². The third kappa shape index (κ3) is 3.22. The summed E-state index contributed by atoms with van der Waals surface area (Å²) >= 11 is 0. The molecule has 0 fully saturated rings. The Morgan fingerprint density at radius 1 is 1.21 bits per heavy atom. The van der Waals surface area contributed by atoms with Gasteiger partial charge in [0.05, 0.1) is 12.3 Å². The van der Waals surface area contributed by atoms with E-state index in [1.165, 1.54) is 6.20 Å². The highest BCUT2D eigenvalue weighted by atomic mass is 16.5. The number of hydrogen-bond donors (Lipinski definition) is 1. The number of H-pyrrole nitrogens is 1. The number of aromatic amines is 1. The molecule has 0 aliphatic rings. The van der Waals surface area contributed by atoms with Crippen LogP contribution in [-0.4, -0.2) is 22.0 Å². The lowest BCUT2D eigenvalue weighted by molar-refractivity contribution is 0.0371. The maximum absolute atomic E-state index is 11.7. The number of rotatable bonds is 4. The maximum atomic E-state index is 11.7. The number of carbonyl (C=O) groups is 1. The second kappa shape index (κ2) is 5.69. The van der Waals surface area contributed by atoms with Crippen LogP contribution in [0.1, 0.15) is 48.6 Å². The lowest BCUT2D eigenvalue weighted by atomic mass is 10.0. The smallest absolute Gasteiger partial charge is 0.356 e. The quantitative estimate of drug-likeness (QED) is 0.857. The van der Waals surface area contributed by atoms with Gasteiger partial charge in [0.1, 0.15) is 11.5 Å². The highest BCUT2D eigenvalue weighted by molar-refractivity contribution is 5.87. The fourth-order valence-corrected chi connectivity index (χ4v) is 1.84. The molecule has 0 spiro atoms. The molecule has 100 valence electrons. The molecule has 0 saturated carbocycles. The molecule has 1 heterocycles. The number of carbonyl (C=O) groups excluding carboxylic acids is 1. The van der Waals surface area contributed by atoms with Crippen molar-refractivity contribution in [3.05, 3.63) is 53.6 Å². The number of nitrogens with zero attached hydrogens (tertiary/aromatic N) is 1. The van der Waals surface area contributed by atoms with Gasteiger partial charge in [0.15, 0.2) is 0 Å². The molecule has 0 aliphatic carbocycles. The molecule has 1 unspecified atom stereocenters. The molecule has 1 N–H and O–H groups in total. The van der Waals surface area contributed by atoms with E-state index in [9.17, 15) is 4.79 Å². The molecule has 1 aromatic heterocycles. The summed E-state index contributed by atoms with van der Waals surface area (Å²) in [6.07, 6.45) is 1.39. The van der Waals surface area contributed by atoms with Crippen LogP contribution in [0.4, 0.5) is 0 Å². The Morgan fingerprint density at radius 2 is 1.89 bits per heavy atom. The van der Waals surface area contributed by atoms with Crippen molar-refractivity contribution in [3.8, 4) is 0 Å². The molecular weight excluding hydrogens is 240 g/mol. The SMILES string of the molecule is CC(C)OC(=O)c1cnc(C(C)c2ccccc2)[nH]1. The Kier molecular flexibility index (Phi) is 4.00. The lowest BCUT2D eigenvalue weighted by Gasteiger charge is -2.09. The fraction of sp³-hybridized carbons (Fsp3) is 0.333. The summed E-state index contributed by atoms with van der Waals surface area (Å²) in [5, 5.41) is 0. The monoisotopic (exact) mass is 258 g/mol. The third-order valence-electron chi connectivity index (χ3n) is 2.87. The average molecular weight is 258 g/mol. The number of ether oxygens (including phenoxy) is 1. The van der Waals surface area contributed by atoms with Crippen LogP contribution < -0.4 is 0 Å². The Balaban J connectivity index is 2.15. The molecule has 2 aromatic rings. The zero-order valence-corrected chi connectivity index (χ0v) is 11.4. The van der Waals surface area contributed by atoms with Crippen LogP contribution in [0.15, 0.2) is 36.5 Å². The predicted molar refractivity (Wildman–Crippen MR) is 73.1 cm³/mol. The largest absolute Gasteiger partial charge is 0.458 e. The van der Waals surface area contributed by atoms with Gasteiger partial charge >= 0.3 is 5.97 Å². The number of benzene rings is 1. The summed E-state index contributed by atoms with van der Waals surface area (Å²) in [5.74, 6) is 0.512. The van der Waals surface area contributed by atoms with Crippen LogP contribution in [0.3, 0.4) is 0 Å². The minimum Gasteiger partial charge on any atom is -0.458 e. The molecule has 0 aliphatic heterocycles. The Morgan fingerprint density at radius 3 is 2.53 bits per heavy atom. The summed E-state index contributed by atoms with van der Waals surface area (Å²) < 4.78 is 5.12. The van der Waals surface area contributed by atoms with Gasteiger partial charge in [0.2, 0.25) is 0 Å². The van der Waals surface area contributed by atoms with Crippen molar-refractivity contribution in [3.63, 3.8) is 0 Å². The average Bonchev–Trinajstić information content (AvgIpc) is 2.88. The molecule has 0 radical (unpaired) electrons. The predicted octanol–water partition coefficient (Wildman–Crippen LogP) is 3.13. The van der Waals surface area contributed by atoms with Gasteiger partial charge in [0, 0.05) is 5.92 Å². The highest BCUT2D eigenvalue weighted by Gasteiger charge is 2.16. The minimum absolute atomic E-state index is 0.113.